The number of aromatic nitrogens is 6. The molecule has 0 aliphatic carbocycles. The molecular weight excluding hydrogens is 311 g/mol. The van der Waals surface area contributed by atoms with E-state index in [4.69, 9.17) is 4.52 Å². The van der Waals surface area contributed by atoms with Gasteiger partial charge in [0.25, 0.3) is 5.89 Å². The predicted octanol–water partition coefficient (Wildman–Crippen LogP) is 2.58. The van der Waals surface area contributed by atoms with Crippen LogP contribution >= 0.6 is 0 Å². The number of nitrogens with zero attached hydrogens (tertiary/aromatic N) is 6. The van der Waals surface area contributed by atoms with Crippen molar-refractivity contribution in [2.45, 2.75) is 6.54 Å². The molecule has 24 heavy (non-hydrogen) atoms. The Hall–Kier alpha value is -3.42. The molecule has 118 valence electrons. The van der Waals surface area contributed by atoms with Crippen LogP contribution in [-0.4, -0.2) is 30.3 Å². The molecule has 8 heteroatoms. The van der Waals surface area contributed by atoms with E-state index in [-0.39, 0.29) is 12.4 Å². The molecule has 0 saturated heterocycles. The highest BCUT2D eigenvalue weighted by atomic mass is 19.1. The normalized spacial score (nSPS) is 10.9. The van der Waals surface area contributed by atoms with Crippen molar-refractivity contribution >= 4 is 0 Å². The van der Waals surface area contributed by atoms with E-state index in [1.54, 1.807) is 12.1 Å². The van der Waals surface area contributed by atoms with Gasteiger partial charge >= 0.3 is 0 Å². The lowest BCUT2D eigenvalue weighted by Gasteiger charge is -1.94. The number of tetrazole rings is 1. The molecule has 2 aromatic heterocycles. The first-order valence-corrected chi connectivity index (χ1v) is 7.20. The zero-order valence-corrected chi connectivity index (χ0v) is 12.4. The fourth-order valence-electron chi connectivity index (χ4n) is 2.20. The molecule has 2 heterocycles. The predicted molar refractivity (Wildman–Crippen MR) is 82.0 cm³/mol. The number of hydrogen-bond acceptors (Lipinski definition) is 6. The van der Waals surface area contributed by atoms with E-state index in [1.807, 2.05) is 30.3 Å². The van der Waals surface area contributed by atoms with Crippen LogP contribution in [0.25, 0.3) is 22.8 Å². The summed E-state index contributed by atoms with van der Waals surface area (Å²) in [5.74, 6) is 0.832. The van der Waals surface area contributed by atoms with E-state index in [0.717, 1.165) is 5.56 Å². The number of halogens is 1. The summed E-state index contributed by atoms with van der Waals surface area (Å²) in [5, 5.41) is 16.0. The van der Waals surface area contributed by atoms with Crippen molar-refractivity contribution in [2.75, 3.05) is 0 Å². The second kappa shape index (κ2) is 5.99. The average molecular weight is 322 g/mol. The van der Waals surface area contributed by atoms with Crippen LogP contribution in [0.1, 0.15) is 5.89 Å². The van der Waals surface area contributed by atoms with E-state index in [2.05, 4.69) is 25.6 Å². The van der Waals surface area contributed by atoms with E-state index in [9.17, 15) is 4.39 Å². The van der Waals surface area contributed by atoms with Gasteiger partial charge in [-0.3, -0.25) is 0 Å². The van der Waals surface area contributed by atoms with Crippen LogP contribution in [0.2, 0.25) is 0 Å². The first-order chi connectivity index (χ1) is 11.8. The molecule has 0 saturated carbocycles. The summed E-state index contributed by atoms with van der Waals surface area (Å²) in [5.41, 5.74) is 1.41. The van der Waals surface area contributed by atoms with Gasteiger partial charge < -0.3 is 4.52 Å². The van der Waals surface area contributed by atoms with Crippen LogP contribution in [0.5, 0.6) is 0 Å². The summed E-state index contributed by atoms with van der Waals surface area (Å²) in [6.07, 6.45) is 0. The van der Waals surface area contributed by atoms with Crippen LogP contribution in [0.4, 0.5) is 4.39 Å². The Kier molecular flexibility index (Phi) is 3.54. The second-order valence-corrected chi connectivity index (χ2v) is 5.03. The monoisotopic (exact) mass is 322 g/mol. The lowest BCUT2D eigenvalue weighted by Crippen LogP contribution is -2.04. The van der Waals surface area contributed by atoms with Crippen LogP contribution in [0, 0.1) is 5.82 Å². The Bertz CT molecular complexity index is 965. The van der Waals surface area contributed by atoms with Gasteiger partial charge in [-0.1, -0.05) is 47.6 Å². The Morgan fingerprint density at radius 2 is 1.79 bits per heavy atom. The maximum atomic E-state index is 13.3. The van der Waals surface area contributed by atoms with E-state index in [1.165, 1.54) is 16.9 Å². The third-order valence-electron chi connectivity index (χ3n) is 3.31. The third kappa shape index (κ3) is 2.89. The minimum atomic E-state index is -0.353. The Morgan fingerprint density at radius 3 is 2.62 bits per heavy atom. The Labute approximate surface area is 135 Å². The largest absolute Gasteiger partial charge is 0.337 e. The van der Waals surface area contributed by atoms with Crippen LogP contribution in [0.15, 0.2) is 59.1 Å². The Balaban J connectivity index is 1.54. The summed E-state index contributed by atoms with van der Waals surface area (Å²) >= 11 is 0. The highest BCUT2D eigenvalue weighted by molar-refractivity contribution is 5.54. The molecule has 0 unspecified atom stereocenters. The van der Waals surface area contributed by atoms with Crippen molar-refractivity contribution in [3.05, 3.63) is 66.3 Å². The van der Waals surface area contributed by atoms with Gasteiger partial charge in [0, 0.05) is 11.1 Å². The molecule has 0 amide bonds. The quantitative estimate of drug-likeness (QED) is 0.574. The molecule has 0 spiro atoms. The first-order valence-electron chi connectivity index (χ1n) is 7.20. The van der Waals surface area contributed by atoms with Crippen molar-refractivity contribution in [1.29, 1.82) is 0 Å². The number of rotatable bonds is 4. The summed E-state index contributed by atoms with van der Waals surface area (Å²) < 4.78 is 18.5. The smallest absolute Gasteiger partial charge is 0.250 e. The van der Waals surface area contributed by atoms with Gasteiger partial charge in [-0.15, -0.1) is 10.2 Å². The maximum absolute atomic E-state index is 13.3. The molecule has 0 radical (unpaired) electrons. The summed E-state index contributed by atoms with van der Waals surface area (Å²) in [4.78, 5) is 5.63. The van der Waals surface area contributed by atoms with Crippen molar-refractivity contribution in [1.82, 2.24) is 30.3 Å². The first kappa shape index (κ1) is 14.2. The lowest BCUT2D eigenvalue weighted by molar-refractivity contribution is 0.356. The van der Waals surface area contributed by atoms with Gasteiger partial charge in [0.05, 0.1) is 0 Å². The Morgan fingerprint density at radius 1 is 0.958 bits per heavy atom. The van der Waals surface area contributed by atoms with Gasteiger partial charge in [-0.25, -0.2) is 4.39 Å². The SMILES string of the molecule is Fc1cccc(-c2nnn(Cc3nc(-c4ccccc4)no3)n2)c1. The molecule has 0 aliphatic heterocycles. The van der Waals surface area contributed by atoms with Crippen molar-refractivity contribution in [2.24, 2.45) is 0 Å². The molecule has 0 atom stereocenters. The molecule has 2 aromatic carbocycles. The molecule has 0 N–H and O–H groups in total. The van der Waals surface area contributed by atoms with Crippen molar-refractivity contribution in [3.8, 4) is 22.8 Å². The summed E-state index contributed by atoms with van der Waals surface area (Å²) in [6.45, 7) is 0.183. The van der Waals surface area contributed by atoms with Crippen molar-refractivity contribution < 1.29 is 8.91 Å². The number of hydrogen-bond donors (Lipinski definition) is 0. The molecule has 4 aromatic rings. The maximum Gasteiger partial charge on any atom is 0.250 e. The second-order valence-electron chi connectivity index (χ2n) is 5.03. The summed E-state index contributed by atoms with van der Waals surface area (Å²) in [7, 11) is 0. The molecular formula is C16H11FN6O. The minimum absolute atomic E-state index is 0.183. The highest BCUT2D eigenvalue weighted by Gasteiger charge is 2.12. The molecule has 7 nitrogen and oxygen atoms in total. The average Bonchev–Trinajstić information content (AvgIpc) is 3.26. The van der Waals surface area contributed by atoms with Gasteiger partial charge in [0.2, 0.25) is 11.6 Å². The van der Waals surface area contributed by atoms with Crippen molar-refractivity contribution in [3.63, 3.8) is 0 Å². The van der Waals surface area contributed by atoms with Gasteiger partial charge in [0.1, 0.15) is 12.4 Å². The zero-order chi connectivity index (χ0) is 16.4. The summed E-state index contributed by atoms with van der Waals surface area (Å²) in [6, 6.07) is 15.5. The lowest BCUT2D eigenvalue weighted by atomic mass is 10.2. The third-order valence-corrected chi connectivity index (χ3v) is 3.31. The van der Waals surface area contributed by atoms with Crippen LogP contribution < -0.4 is 0 Å². The molecule has 4 rings (SSSR count). The van der Waals surface area contributed by atoms with E-state index >= 15 is 0 Å². The van der Waals surface area contributed by atoms with Gasteiger partial charge in [-0.2, -0.15) is 9.78 Å². The van der Waals surface area contributed by atoms with Crippen LogP contribution in [-0.2, 0) is 6.54 Å². The van der Waals surface area contributed by atoms with Gasteiger partial charge in [0.15, 0.2) is 0 Å². The molecule has 0 fully saturated rings. The van der Waals surface area contributed by atoms with Gasteiger partial charge in [-0.05, 0) is 17.3 Å². The molecule has 0 bridgehead atoms. The standard InChI is InChI=1S/C16H11FN6O/c17-13-8-4-7-12(9-13)16-19-22-23(20-16)10-14-18-15(21-24-14)11-5-2-1-3-6-11/h1-9H,10H2. The topological polar surface area (TPSA) is 82.5 Å². The fourth-order valence-corrected chi connectivity index (χ4v) is 2.20. The number of benzene rings is 2. The highest BCUT2D eigenvalue weighted by Crippen LogP contribution is 2.16. The van der Waals surface area contributed by atoms with E-state index < -0.39 is 0 Å². The minimum Gasteiger partial charge on any atom is -0.337 e. The van der Waals surface area contributed by atoms with E-state index in [0.29, 0.717) is 23.1 Å². The zero-order valence-electron chi connectivity index (χ0n) is 12.4. The fraction of sp³-hybridized carbons (Fsp3) is 0.0625. The molecule has 0 aliphatic rings. The van der Waals surface area contributed by atoms with Crippen LogP contribution in [0.3, 0.4) is 0 Å².